The summed E-state index contributed by atoms with van der Waals surface area (Å²) >= 11 is 0. The average Bonchev–Trinajstić information content (AvgIpc) is 3.58. The van der Waals surface area contributed by atoms with Crippen LogP contribution in [0.15, 0.2) is 97.1 Å². The van der Waals surface area contributed by atoms with E-state index >= 15 is 0 Å². The Bertz CT molecular complexity index is 1690. The summed E-state index contributed by atoms with van der Waals surface area (Å²) in [4.78, 5) is 0. The molecule has 6 aromatic rings. The SMILES string of the molecule is CCC(CC)(c1cc2c(-c3cccc(C)c3C)cccc2[cH-]1)c1cc2c(-c3cccc(C)c3C)cccc2[cH-]1.[CH3-].[CH3-].[Hf+4]. The fourth-order valence-corrected chi connectivity index (χ4v) is 6.81. The summed E-state index contributed by atoms with van der Waals surface area (Å²) in [6.07, 6.45) is 2.13. The summed E-state index contributed by atoms with van der Waals surface area (Å²) in [5.74, 6) is 0. The van der Waals surface area contributed by atoms with Crippen molar-refractivity contribution in [2.24, 2.45) is 0 Å². The van der Waals surface area contributed by atoms with E-state index in [1.54, 1.807) is 0 Å². The van der Waals surface area contributed by atoms with E-state index in [1.165, 1.54) is 77.2 Å². The molecule has 42 heavy (non-hydrogen) atoms. The molecule has 0 amide bonds. The standard InChI is InChI=1S/C39H38.2CH3.Hf/c1-7-39(8-2,31-21-29-15-11-19-35(37(29)23-31)33-17-9-13-25(3)27(33)5)32-22-30-16-12-20-36(38(30)24-32)34-18-10-14-26(4)28(34)6;;;/h9-24H,7-8H2,1-6H3;2*1H3;/q-2;2*-1;+4. The quantitative estimate of drug-likeness (QED) is 0.119. The number of rotatable bonds is 6. The molecule has 0 aliphatic carbocycles. The first-order chi connectivity index (χ1) is 18.9. The molecule has 0 radical (unpaired) electrons. The van der Waals surface area contributed by atoms with E-state index in [-0.39, 0.29) is 46.1 Å². The van der Waals surface area contributed by atoms with E-state index in [9.17, 15) is 0 Å². The molecule has 0 aliphatic heterocycles. The molecule has 0 nitrogen and oxygen atoms in total. The second-order valence-electron chi connectivity index (χ2n) is 11.4. The second kappa shape index (κ2) is 13.1. The number of hydrogen-bond donors (Lipinski definition) is 0. The molecule has 0 spiro atoms. The molecule has 212 valence electrons. The van der Waals surface area contributed by atoms with Gasteiger partial charge in [0, 0.05) is 0 Å². The largest absolute Gasteiger partial charge is 4.00 e. The Morgan fingerprint density at radius 2 is 0.881 bits per heavy atom. The average molecular weight is 715 g/mol. The molecule has 1 heteroatoms. The molecule has 0 fully saturated rings. The number of fused-ring (bicyclic) bond motifs is 2. The number of aryl methyl sites for hydroxylation is 2. The van der Waals surface area contributed by atoms with Crippen LogP contribution in [0.4, 0.5) is 0 Å². The van der Waals surface area contributed by atoms with Crippen LogP contribution in [0.25, 0.3) is 43.8 Å². The molecule has 6 rings (SSSR count). The zero-order chi connectivity index (χ0) is 27.3. The predicted molar refractivity (Wildman–Crippen MR) is 183 cm³/mol. The molecule has 0 saturated carbocycles. The molecule has 0 aromatic heterocycles. The first kappa shape index (κ1) is 33.5. The summed E-state index contributed by atoms with van der Waals surface area (Å²) < 4.78 is 0. The third kappa shape index (κ3) is 5.30. The van der Waals surface area contributed by atoms with Crippen molar-refractivity contribution < 1.29 is 25.8 Å². The summed E-state index contributed by atoms with van der Waals surface area (Å²) in [7, 11) is 0. The Balaban J connectivity index is 0.00000161. The first-order valence-corrected chi connectivity index (χ1v) is 14.4. The van der Waals surface area contributed by atoms with Gasteiger partial charge in [0.05, 0.1) is 0 Å². The zero-order valence-electron chi connectivity index (χ0n) is 26.7. The molecule has 0 aliphatic rings. The van der Waals surface area contributed by atoms with E-state index in [1.807, 2.05) is 0 Å². The van der Waals surface area contributed by atoms with Crippen LogP contribution in [-0.2, 0) is 31.3 Å². The molecule has 0 saturated heterocycles. The van der Waals surface area contributed by atoms with Gasteiger partial charge < -0.3 is 14.9 Å². The van der Waals surface area contributed by atoms with Gasteiger partial charge in [0.15, 0.2) is 0 Å². The van der Waals surface area contributed by atoms with Crippen molar-refractivity contribution in [1.29, 1.82) is 0 Å². The summed E-state index contributed by atoms with van der Waals surface area (Å²) in [6.45, 7) is 13.6. The fraction of sp³-hybridized carbons (Fsp3) is 0.220. The van der Waals surface area contributed by atoms with Crippen LogP contribution in [0.2, 0.25) is 0 Å². The van der Waals surface area contributed by atoms with Gasteiger partial charge in [0.2, 0.25) is 0 Å². The predicted octanol–water partition coefficient (Wildman–Crippen LogP) is 12.0. The Labute approximate surface area is 273 Å². The molecule has 0 N–H and O–H groups in total. The van der Waals surface area contributed by atoms with Gasteiger partial charge in [-0.3, -0.25) is 0 Å². The number of benzene rings is 4. The van der Waals surface area contributed by atoms with Gasteiger partial charge in [0.25, 0.3) is 0 Å². The molecular formula is C41H44Hf. The van der Waals surface area contributed by atoms with Crippen LogP contribution >= 0.6 is 0 Å². The fourth-order valence-electron chi connectivity index (χ4n) is 6.81. The van der Waals surface area contributed by atoms with Gasteiger partial charge >= 0.3 is 25.8 Å². The summed E-state index contributed by atoms with van der Waals surface area (Å²) in [6, 6.07) is 36.8. The maximum atomic E-state index is 2.49. The van der Waals surface area contributed by atoms with Gasteiger partial charge in [0.1, 0.15) is 0 Å². The van der Waals surface area contributed by atoms with Crippen LogP contribution in [0, 0.1) is 42.5 Å². The van der Waals surface area contributed by atoms with Crippen LogP contribution in [0.1, 0.15) is 60.1 Å². The van der Waals surface area contributed by atoms with Crippen LogP contribution in [0.5, 0.6) is 0 Å². The molecule has 0 bridgehead atoms. The van der Waals surface area contributed by atoms with Crippen LogP contribution in [0.3, 0.4) is 0 Å². The van der Waals surface area contributed by atoms with Crippen molar-refractivity contribution in [1.82, 2.24) is 0 Å². The summed E-state index contributed by atoms with van der Waals surface area (Å²) in [5.41, 5.74) is 13.6. The van der Waals surface area contributed by atoms with E-state index in [2.05, 4.69) is 139 Å². The Morgan fingerprint density at radius 1 is 0.524 bits per heavy atom. The van der Waals surface area contributed by atoms with Gasteiger partial charge in [-0.05, 0) is 79.3 Å². The van der Waals surface area contributed by atoms with E-state index in [0.717, 1.165) is 12.8 Å². The van der Waals surface area contributed by atoms with Crippen LogP contribution in [-0.4, -0.2) is 0 Å². The van der Waals surface area contributed by atoms with Crippen molar-refractivity contribution >= 4 is 21.5 Å². The van der Waals surface area contributed by atoms with Crippen LogP contribution < -0.4 is 0 Å². The Kier molecular flexibility index (Phi) is 10.4. The van der Waals surface area contributed by atoms with Gasteiger partial charge in [-0.25, -0.2) is 0 Å². The zero-order valence-corrected chi connectivity index (χ0v) is 30.2. The molecule has 0 heterocycles. The van der Waals surface area contributed by atoms with E-state index < -0.39 is 0 Å². The smallest absolute Gasteiger partial charge is 0.358 e. The molecule has 6 aromatic carbocycles. The van der Waals surface area contributed by atoms with Crippen molar-refractivity contribution in [3.8, 4) is 22.3 Å². The van der Waals surface area contributed by atoms with Crippen molar-refractivity contribution in [2.75, 3.05) is 0 Å². The van der Waals surface area contributed by atoms with Crippen molar-refractivity contribution in [3.05, 3.63) is 145 Å². The minimum absolute atomic E-state index is 0. The normalized spacial score (nSPS) is 11.2. The maximum Gasteiger partial charge on any atom is 4.00 e. The maximum absolute atomic E-state index is 2.49. The molecular weight excluding hydrogens is 671 g/mol. The second-order valence-corrected chi connectivity index (χ2v) is 11.4. The first-order valence-electron chi connectivity index (χ1n) is 14.4. The third-order valence-electron chi connectivity index (χ3n) is 9.60. The molecule has 0 unspecified atom stereocenters. The monoisotopic (exact) mass is 716 g/mol. The third-order valence-corrected chi connectivity index (χ3v) is 9.60. The van der Waals surface area contributed by atoms with Gasteiger partial charge in [-0.1, -0.05) is 73.5 Å². The summed E-state index contributed by atoms with van der Waals surface area (Å²) in [5, 5.41) is 5.39. The number of hydrogen-bond acceptors (Lipinski definition) is 0. The molecule has 0 atom stereocenters. The van der Waals surface area contributed by atoms with Gasteiger partial charge in [-0.2, -0.15) is 12.1 Å². The Hall–Kier alpha value is -3.03. The topological polar surface area (TPSA) is 0 Å². The minimum Gasteiger partial charge on any atom is -0.358 e. The Morgan fingerprint density at radius 3 is 1.26 bits per heavy atom. The van der Waals surface area contributed by atoms with Gasteiger partial charge in [-0.15, -0.1) is 69.1 Å². The van der Waals surface area contributed by atoms with E-state index in [4.69, 9.17) is 0 Å². The minimum atomic E-state index is -0.0319. The van der Waals surface area contributed by atoms with E-state index in [0.29, 0.717) is 0 Å². The van der Waals surface area contributed by atoms with Crippen molar-refractivity contribution in [2.45, 2.75) is 59.8 Å². The van der Waals surface area contributed by atoms with Crippen molar-refractivity contribution in [3.63, 3.8) is 0 Å².